The van der Waals surface area contributed by atoms with Crippen LogP contribution >= 0.6 is 15.9 Å². The number of nitrogens with zero attached hydrogens (tertiary/aromatic N) is 2. The maximum absolute atomic E-state index is 13.8. The smallest absolute Gasteiger partial charge is 0.147 e. The van der Waals surface area contributed by atoms with Gasteiger partial charge in [0.05, 0.1) is 23.3 Å². The molecule has 3 aromatic rings. The summed E-state index contributed by atoms with van der Waals surface area (Å²) in [6, 6.07) is 13.0. The van der Waals surface area contributed by atoms with Gasteiger partial charge in [-0.1, -0.05) is 28.1 Å². The molecule has 0 spiro atoms. The molecule has 0 unspecified atom stereocenters. The van der Waals surface area contributed by atoms with E-state index in [1.807, 2.05) is 24.3 Å². The van der Waals surface area contributed by atoms with Crippen molar-refractivity contribution < 1.29 is 4.39 Å². The number of aryl methyl sites for hydroxylation is 1. The van der Waals surface area contributed by atoms with E-state index in [1.54, 1.807) is 6.07 Å². The molecule has 0 amide bonds. The summed E-state index contributed by atoms with van der Waals surface area (Å²) >= 11 is 3.25. The Morgan fingerprint density at radius 1 is 1.24 bits per heavy atom. The molecule has 0 bridgehead atoms. The second kappa shape index (κ2) is 5.85. The van der Waals surface area contributed by atoms with E-state index >= 15 is 0 Å². The molecule has 3 nitrogen and oxygen atoms in total. The van der Waals surface area contributed by atoms with Crippen LogP contribution in [0.15, 0.2) is 46.9 Å². The number of aromatic nitrogens is 2. The van der Waals surface area contributed by atoms with Crippen molar-refractivity contribution in [3.63, 3.8) is 0 Å². The van der Waals surface area contributed by atoms with E-state index in [-0.39, 0.29) is 5.82 Å². The Balaban J connectivity index is 1.88. The molecule has 0 radical (unpaired) electrons. The Morgan fingerprint density at radius 3 is 2.81 bits per heavy atom. The van der Waals surface area contributed by atoms with Crippen LogP contribution in [0.25, 0.3) is 11.0 Å². The molecule has 0 saturated carbocycles. The van der Waals surface area contributed by atoms with Crippen LogP contribution in [-0.2, 0) is 13.1 Å². The summed E-state index contributed by atoms with van der Waals surface area (Å²) in [6.45, 7) is 3.40. The van der Waals surface area contributed by atoms with Crippen LogP contribution in [0.3, 0.4) is 0 Å². The molecule has 0 aliphatic heterocycles. The molecule has 1 N–H and O–H groups in total. The topological polar surface area (TPSA) is 29.9 Å². The summed E-state index contributed by atoms with van der Waals surface area (Å²) in [7, 11) is 0. The molecule has 0 atom stereocenters. The Morgan fingerprint density at radius 2 is 2.05 bits per heavy atom. The van der Waals surface area contributed by atoms with Crippen molar-refractivity contribution in [2.24, 2.45) is 0 Å². The van der Waals surface area contributed by atoms with Gasteiger partial charge in [0.2, 0.25) is 0 Å². The van der Waals surface area contributed by atoms with Crippen LogP contribution in [0.1, 0.15) is 12.7 Å². The standard InChI is InChI=1S/C16H15BrFN3/c1-2-21-15-6-4-3-5-14(15)20-16(21)10-19-13-8-7-11(17)9-12(13)18/h3-9,19H,2,10H2,1H3. The minimum atomic E-state index is -0.275. The third-order valence-corrected chi connectivity index (χ3v) is 3.91. The fourth-order valence-corrected chi connectivity index (χ4v) is 2.75. The van der Waals surface area contributed by atoms with E-state index in [9.17, 15) is 4.39 Å². The number of nitrogens with one attached hydrogen (secondary N) is 1. The minimum Gasteiger partial charge on any atom is -0.375 e. The second-order valence-electron chi connectivity index (χ2n) is 4.74. The first kappa shape index (κ1) is 14.1. The molecular formula is C16H15BrFN3. The highest BCUT2D eigenvalue weighted by atomic mass is 79.9. The lowest BCUT2D eigenvalue weighted by molar-refractivity contribution is 0.628. The minimum absolute atomic E-state index is 0.275. The van der Waals surface area contributed by atoms with Crippen LogP contribution in [0, 0.1) is 5.82 Å². The molecule has 0 aliphatic carbocycles. The zero-order chi connectivity index (χ0) is 14.8. The van der Waals surface area contributed by atoms with Gasteiger partial charge in [-0.2, -0.15) is 0 Å². The number of anilines is 1. The van der Waals surface area contributed by atoms with Gasteiger partial charge in [0.15, 0.2) is 0 Å². The summed E-state index contributed by atoms with van der Waals surface area (Å²) in [6.07, 6.45) is 0. The van der Waals surface area contributed by atoms with E-state index in [1.165, 1.54) is 6.07 Å². The molecular weight excluding hydrogens is 333 g/mol. The molecule has 0 fully saturated rings. The van der Waals surface area contributed by atoms with Gasteiger partial charge in [0, 0.05) is 11.0 Å². The fourth-order valence-electron chi connectivity index (χ4n) is 2.42. The third kappa shape index (κ3) is 2.78. The van der Waals surface area contributed by atoms with Gasteiger partial charge in [-0.3, -0.25) is 0 Å². The number of hydrogen-bond acceptors (Lipinski definition) is 2. The van der Waals surface area contributed by atoms with Crippen molar-refractivity contribution in [1.29, 1.82) is 0 Å². The summed E-state index contributed by atoms with van der Waals surface area (Å²) in [5.74, 6) is 0.629. The Hall–Kier alpha value is -1.88. The van der Waals surface area contributed by atoms with E-state index in [0.717, 1.165) is 27.9 Å². The summed E-state index contributed by atoms with van der Waals surface area (Å²) < 4.78 is 16.7. The lowest BCUT2D eigenvalue weighted by Gasteiger charge is -2.09. The molecule has 0 aliphatic rings. The number of halogens is 2. The zero-order valence-corrected chi connectivity index (χ0v) is 13.2. The van der Waals surface area contributed by atoms with E-state index in [4.69, 9.17) is 0 Å². The van der Waals surface area contributed by atoms with Crippen molar-refractivity contribution >= 4 is 32.7 Å². The average Bonchev–Trinajstić information content (AvgIpc) is 2.83. The maximum atomic E-state index is 13.8. The van der Waals surface area contributed by atoms with E-state index < -0.39 is 0 Å². The van der Waals surface area contributed by atoms with Crippen LogP contribution in [-0.4, -0.2) is 9.55 Å². The van der Waals surface area contributed by atoms with Crippen molar-refractivity contribution in [2.45, 2.75) is 20.0 Å². The van der Waals surface area contributed by atoms with Gasteiger partial charge < -0.3 is 9.88 Å². The number of fused-ring (bicyclic) bond motifs is 1. The molecule has 1 aromatic heterocycles. The SMILES string of the molecule is CCn1c(CNc2ccc(Br)cc2F)nc2ccccc21. The molecule has 21 heavy (non-hydrogen) atoms. The van der Waals surface area contributed by atoms with Crippen LogP contribution < -0.4 is 5.32 Å². The van der Waals surface area contributed by atoms with Gasteiger partial charge in [-0.05, 0) is 37.3 Å². The average molecular weight is 348 g/mol. The second-order valence-corrected chi connectivity index (χ2v) is 5.65. The number of imidazole rings is 1. The molecule has 108 valence electrons. The van der Waals surface area contributed by atoms with Crippen LogP contribution in [0.2, 0.25) is 0 Å². The quantitative estimate of drug-likeness (QED) is 0.749. The molecule has 3 rings (SSSR count). The fraction of sp³-hybridized carbons (Fsp3) is 0.188. The summed E-state index contributed by atoms with van der Waals surface area (Å²) in [5.41, 5.74) is 2.55. The largest absolute Gasteiger partial charge is 0.375 e. The van der Waals surface area contributed by atoms with Gasteiger partial charge in [-0.25, -0.2) is 9.37 Å². The van der Waals surface area contributed by atoms with Crippen LogP contribution in [0.5, 0.6) is 0 Å². The van der Waals surface area contributed by atoms with Crippen molar-refractivity contribution in [2.75, 3.05) is 5.32 Å². The van der Waals surface area contributed by atoms with Crippen molar-refractivity contribution in [3.05, 3.63) is 58.6 Å². The predicted molar refractivity (Wildman–Crippen MR) is 86.8 cm³/mol. The van der Waals surface area contributed by atoms with Gasteiger partial charge in [0.1, 0.15) is 11.6 Å². The summed E-state index contributed by atoms with van der Waals surface area (Å²) in [5, 5.41) is 3.11. The lowest BCUT2D eigenvalue weighted by Crippen LogP contribution is -2.08. The first-order valence-electron chi connectivity index (χ1n) is 6.82. The first-order valence-corrected chi connectivity index (χ1v) is 7.61. The number of para-hydroxylation sites is 2. The highest BCUT2D eigenvalue weighted by Crippen LogP contribution is 2.21. The number of hydrogen-bond donors (Lipinski definition) is 1. The van der Waals surface area contributed by atoms with Gasteiger partial charge in [-0.15, -0.1) is 0 Å². The normalized spacial score (nSPS) is 11.0. The highest BCUT2D eigenvalue weighted by Gasteiger charge is 2.09. The lowest BCUT2D eigenvalue weighted by atomic mass is 10.3. The Bertz CT molecular complexity index is 782. The zero-order valence-electron chi connectivity index (χ0n) is 11.6. The molecule has 5 heteroatoms. The molecule has 1 heterocycles. The summed E-state index contributed by atoms with van der Waals surface area (Å²) in [4.78, 5) is 4.61. The number of rotatable bonds is 4. The Labute approximate surface area is 130 Å². The highest BCUT2D eigenvalue weighted by molar-refractivity contribution is 9.10. The first-order chi connectivity index (χ1) is 10.2. The van der Waals surface area contributed by atoms with Crippen molar-refractivity contribution in [3.8, 4) is 0 Å². The monoisotopic (exact) mass is 347 g/mol. The molecule has 0 saturated heterocycles. The van der Waals surface area contributed by atoms with Gasteiger partial charge in [0.25, 0.3) is 0 Å². The van der Waals surface area contributed by atoms with E-state index in [0.29, 0.717) is 12.2 Å². The Kier molecular flexibility index (Phi) is 3.92. The maximum Gasteiger partial charge on any atom is 0.147 e. The van der Waals surface area contributed by atoms with Crippen molar-refractivity contribution in [1.82, 2.24) is 9.55 Å². The van der Waals surface area contributed by atoms with Crippen LogP contribution in [0.4, 0.5) is 10.1 Å². The predicted octanol–water partition coefficient (Wildman–Crippen LogP) is 4.57. The third-order valence-electron chi connectivity index (χ3n) is 3.42. The number of benzene rings is 2. The molecule has 2 aromatic carbocycles. The van der Waals surface area contributed by atoms with Gasteiger partial charge >= 0.3 is 0 Å². The van der Waals surface area contributed by atoms with E-state index in [2.05, 4.69) is 43.8 Å².